The maximum absolute atomic E-state index is 14.3. The topological polar surface area (TPSA) is 60.3 Å². The number of nitrogens with zero attached hydrogens (tertiary/aromatic N) is 1. The summed E-state index contributed by atoms with van der Waals surface area (Å²) < 4.78 is 72.0. The van der Waals surface area contributed by atoms with Gasteiger partial charge in [0.2, 0.25) is 0 Å². The molecule has 0 saturated carbocycles. The molecule has 5 nitrogen and oxygen atoms in total. The second kappa shape index (κ2) is 9.60. The van der Waals surface area contributed by atoms with E-state index in [0.29, 0.717) is 23.0 Å². The van der Waals surface area contributed by atoms with Gasteiger partial charge in [0.1, 0.15) is 11.6 Å². The van der Waals surface area contributed by atoms with Crippen molar-refractivity contribution in [3.8, 4) is 5.75 Å². The molecule has 0 radical (unpaired) electrons. The number of halogens is 4. The maximum atomic E-state index is 14.3. The summed E-state index contributed by atoms with van der Waals surface area (Å²) in [6.07, 6.45) is 2.94. The Morgan fingerprint density at radius 3 is 2.59 bits per heavy atom. The van der Waals surface area contributed by atoms with Crippen molar-refractivity contribution >= 4 is 43.9 Å². The second-order valence-corrected chi connectivity index (χ2v) is 9.79. The van der Waals surface area contributed by atoms with Crippen molar-refractivity contribution in [1.82, 2.24) is 3.97 Å². The molecule has 1 heterocycles. The maximum Gasteiger partial charge on any atom is 0.387 e. The van der Waals surface area contributed by atoms with Gasteiger partial charge in [-0.3, -0.25) is 0 Å². The van der Waals surface area contributed by atoms with E-state index in [0.717, 1.165) is 22.0 Å². The molecule has 178 valence electrons. The Bertz CT molecular complexity index is 1460. The zero-order chi connectivity index (χ0) is 24.5. The van der Waals surface area contributed by atoms with E-state index in [4.69, 9.17) is 11.6 Å². The van der Waals surface area contributed by atoms with Gasteiger partial charge < -0.3 is 10.1 Å². The molecule has 0 saturated heterocycles. The van der Waals surface area contributed by atoms with E-state index in [1.54, 1.807) is 18.2 Å². The highest BCUT2D eigenvalue weighted by atomic mass is 35.5. The molecule has 4 aromatic rings. The van der Waals surface area contributed by atoms with Crippen LogP contribution in [0.25, 0.3) is 10.9 Å². The van der Waals surface area contributed by atoms with Gasteiger partial charge in [-0.1, -0.05) is 37.1 Å². The zero-order valence-corrected chi connectivity index (χ0v) is 19.5. The van der Waals surface area contributed by atoms with Gasteiger partial charge in [0.05, 0.1) is 16.1 Å². The monoisotopic (exact) mass is 508 g/mol. The lowest BCUT2D eigenvalue weighted by atomic mass is 10.1. The average Bonchev–Trinajstić information content (AvgIpc) is 3.14. The summed E-state index contributed by atoms with van der Waals surface area (Å²) in [5.41, 5.74) is 1.81. The largest absolute Gasteiger partial charge is 0.435 e. The molecule has 0 atom stereocenters. The molecular weight excluding hydrogens is 489 g/mol. The van der Waals surface area contributed by atoms with Gasteiger partial charge in [0.15, 0.2) is 0 Å². The highest BCUT2D eigenvalue weighted by molar-refractivity contribution is 7.90. The minimum atomic E-state index is -4.15. The zero-order valence-electron chi connectivity index (χ0n) is 17.9. The number of aromatic nitrogens is 1. The number of anilines is 2. The van der Waals surface area contributed by atoms with E-state index < -0.39 is 22.5 Å². The Kier molecular flexibility index (Phi) is 6.77. The van der Waals surface area contributed by atoms with E-state index in [2.05, 4.69) is 10.1 Å². The van der Waals surface area contributed by atoms with Crippen LogP contribution in [0.2, 0.25) is 5.02 Å². The lowest BCUT2D eigenvalue weighted by Gasteiger charge is -2.12. The first kappa shape index (κ1) is 24.0. The number of alkyl halides is 2. The fraction of sp³-hybridized carbons (Fsp3) is 0.167. The Labute approximate surface area is 199 Å². The fourth-order valence-electron chi connectivity index (χ4n) is 3.68. The van der Waals surface area contributed by atoms with Crippen LogP contribution in [0.1, 0.15) is 18.9 Å². The lowest BCUT2D eigenvalue weighted by Crippen LogP contribution is -2.12. The second-order valence-electron chi connectivity index (χ2n) is 7.54. The molecule has 0 aliphatic rings. The number of benzene rings is 3. The SMILES string of the molecule is CCCc1cn(S(=O)(=O)c2cccc(OC(F)F)c2)c2cc(Nc3ccc(Cl)cc3F)ccc12. The Morgan fingerprint density at radius 1 is 1.09 bits per heavy atom. The highest BCUT2D eigenvalue weighted by Gasteiger charge is 2.22. The van der Waals surface area contributed by atoms with Crippen molar-refractivity contribution in [3.05, 3.63) is 83.3 Å². The van der Waals surface area contributed by atoms with Crippen molar-refractivity contribution in [2.45, 2.75) is 31.3 Å². The van der Waals surface area contributed by atoms with Crippen LogP contribution in [-0.4, -0.2) is 19.0 Å². The first-order valence-electron chi connectivity index (χ1n) is 10.4. The van der Waals surface area contributed by atoms with E-state index in [9.17, 15) is 21.6 Å². The molecule has 1 N–H and O–H groups in total. The van der Waals surface area contributed by atoms with Gasteiger partial charge in [-0.2, -0.15) is 8.78 Å². The average molecular weight is 509 g/mol. The van der Waals surface area contributed by atoms with Crippen LogP contribution in [0.4, 0.5) is 24.5 Å². The smallest absolute Gasteiger partial charge is 0.387 e. The molecular formula is C24H20ClF3N2O3S. The molecule has 1 aromatic heterocycles. The van der Waals surface area contributed by atoms with Gasteiger partial charge in [0.25, 0.3) is 10.0 Å². The third-order valence-corrected chi connectivity index (χ3v) is 7.08. The van der Waals surface area contributed by atoms with Crippen LogP contribution < -0.4 is 10.1 Å². The summed E-state index contributed by atoms with van der Waals surface area (Å²) in [5, 5.41) is 3.90. The third-order valence-electron chi connectivity index (χ3n) is 5.17. The first-order chi connectivity index (χ1) is 16.2. The summed E-state index contributed by atoms with van der Waals surface area (Å²) in [7, 11) is -4.15. The molecule has 4 rings (SSSR count). The van der Waals surface area contributed by atoms with Crippen molar-refractivity contribution in [2.75, 3.05) is 5.32 Å². The van der Waals surface area contributed by atoms with E-state index in [1.165, 1.54) is 42.6 Å². The number of hydrogen-bond donors (Lipinski definition) is 1. The van der Waals surface area contributed by atoms with E-state index >= 15 is 0 Å². The van der Waals surface area contributed by atoms with Gasteiger partial charge in [0, 0.05) is 28.4 Å². The normalized spacial score (nSPS) is 11.8. The summed E-state index contributed by atoms with van der Waals surface area (Å²) in [6, 6.07) is 14.2. The van der Waals surface area contributed by atoms with Crippen LogP contribution in [0.15, 0.2) is 71.8 Å². The Hall–Kier alpha value is -3.17. The summed E-state index contributed by atoms with van der Waals surface area (Å²) >= 11 is 5.81. The Morgan fingerprint density at radius 2 is 1.88 bits per heavy atom. The van der Waals surface area contributed by atoms with Crippen molar-refractivity contribution in [2.24, 2.45) is 0 Å². The summed E-state index contributed by atoms with van der Waals surface area (Å²) in [5.74, 6) is -0.819. The number of nitrogens with one attached hydrogen (secondary N) is 1. The molecule has 0 unspecified atom stereocenters. The molecule has 0 aliphatic carbocycles. The molecule has 0 fully saturated rings. The summed E-state index contributed by atoms with van der Waals surface area (Å²) in [4.78, 5) is -0.201. The number of aryl methyl sites for hydroxylation is 1. The summed E-state index contributed by atoms with van der Waals surface area (Å²) in [6.45, 7) is -1.11. The van der Waals surface area contributed by atoms with Crippen molar-refractivity contribution in [3.63, 3.8) is 0 Å². The molecule has 0 aliphatic heterocycles. The number of rotatable bonds is 8. The van der Waals surface area contributed by atoms with E-state index in [-0.39, 0.29) is 21.4 Å². The van der Waals surface area contributed by atoms with Crippen molar-refractivity contribution < 1.29 is 26.3 Å². The highest BCUT2D eigenvalue weighted by Crippen LogP contribution is 2.32. The number of ether oxygens (including phenoxy) is 1. The van der Waals surface area contributed by atoms with Crippen LogP contribution in [-0.2, 0) is 16.4 Å². The molecule has 0 spiro atoms. The predicted octanol–water partition coefficient (Wildman–Crippen LogP) is 6.97. The number of fused-ring (bicyclic) bond motifs is 1. The van der Waals surface area contributed by atoms with Gasteiger partial charge in [-0.05, 0) is 54.4 Å². The lowest BCUT2D eigenvalue weighted by molar-refractivity contribution is -0.0499. The van der Waals surface area contributed by atoms with Crippen LogP contribution in [0, 0.1) is 5.82 Å². The van der Waals surface area contributed by atoms with Crippen LogP contribution in [0.5, 0.6) is 5.75 Å². The van der Waals surface area contributed by atoms with Gasteiger partial charge >= 0.3 is 6.61 Å². The van der Waals surface area contributed by atoms with Gasteiger partial charge in [-0.15, -0.1) is 0 Å². The van der Waals surface area contributed by atoms with E-state index in [1.807, 2.05) is 6.92 Å². The number of hydrogen-bond acceptors (Lipinski definition) is 4. The minimum absolute atomic E-state index is 0.176. The minimum Gasteiger partial charge on any atom is -0.435 e. The molecule has 10 heteroatoms. The van der Waals surface area contributed by atoms with Crippen molar-refractivity contribution in [1.29, 1.82) is 0 Å². The molecule has 0 amide bonds. The van der Waals surface area contributed by atoms with Gasteiger partial charge in [-0.25, -0.2) is 16.8 Å². The first-order valence-corrected chi connectivity index (χ1v) is 12.2. The Balaban J connectivity index is 1.82. The predicted molar refractivity (Wildman–Crippen MR) is 126 cm³/mol. The fourth-order valence-corrected chi connectivity index (χ4v) is 5.26. The molecule has 3 aromatic carbocycles. The molecule has 0 bridgehead atoms. The molecule has 34 heavy (non-hydrogen) atoms. The quantitative estimate of drug-likeness (QED) is 0.279. The van der Waals surface area contributed by atoms with Crippen LogP contribution in [0.3, 0.4) is 0 Å². The van der Waals surface area contributed by atoms with Crippen LogP contribution >= 0.6 is 11.6 Å². The standard InChI is InChI=1S/C24H20ClF3N2O3S/c1-2-4-15-14-30(34(31,32)19-6-3-5-18(13-19)33-24(27)28)23-12-17(8-9-20(15)23)29-22-10-7-16(25)11-21(22)26/h3,5-14,24,29H,2,4H2,1H3. The third kappa shape index (κ3) is 4.85.